The lowest BCUT2D eigenvalue weighted by Gasteiger charge is -2.25. The van der Waals surface area contributed by atoms with Crippen LogP contribution in [0.4, 0.5) is 0 Å². The van der Waals surface area contributed by atoms with Crippen LogP contribution in [0.3, 0.4) is 0 Å². The van der Waals surface area contributed by atoms with Crippen LogP contribution in [-0.2, 0) is 4.79 Å². The molecule has 1 saturated heterocycles. The van der Waals surface area contributed by atoms with E-state index in [1.54, 1.807) is 0 Å². The maximum Gasteiger partial charge on any atom is 0.308 e. The van der Waals surface area contributed by atoms with Crippen molar-refractivity contribution in [2.75, 3.05) is 13.1 Å². The maximum absolute atomic E-state index is 11.0. The summed E-state index contributed by atoms with van der Waals surface area (Å²) < 4.78 is 0. The quantitative estimate of drug-likeness (QED) is 0.777. The molecule has 1 fully saturated rings. The molecule has 0 radical (unpaired) electrons. The molecule has 15 heavy (non-hydrogen) atoms. The summed E-state index contributed by atoms with van der Waals surface area (Å²) in [5.74, 6) is 0.164. The molecule has 3 unspecified atom stereocenters. The summed E-state index contributed by atoms with van der Waals surface area (Å²) in [6, 6.07) is 0.511. The van der Waals surface area contributed by atoms with Crippen LogP contribution in [0.5, 0.6) is 0 Å². The van der Waals surface area contributed by atoms with Crippen molar-refractivity contribution in [1.29, 1.82) is 0 Å². The molecule has 0 spiro atoms. The fourth-order valence-electron chi connectivity index (χ4n) is 2.52. The summed E-state index contributed by atoms with van der Waals surface area (Å²) in [5.41, 5.74) is 0. The van der Waals surface area contributed by atoms with Gasteiger partial charge in [0.2, 0.25) is 0 Å². The topological polar surface area (TPSA) is 40.5 Å². The van der Waals surface area contributed by atoms with E-state index in [1.807, 2.05) is 6.92 Å². The second-order valence-electron chi connectivity index (χ2n) is 5.35. The van der Waals surface area contributed by atoms with E-state index >= 15 is 0 Å². The highest BCUT2D eigenvalue weighted by Crippen LogP contribution is 2.26. The van der Waals surface area contributed by atoms with Crippen molar-refractivity contribution < 1.29 is 9.90 Å². The van der Waals surface area contributed by atoms with Gasteiger partial charge in [-0.1, -0.05) is 20.8 Å². The monoisotopic (exact) mass is 213 g/mol. The van der Waals surface area contributed by atoms with Crippen LogP contribution in [0.15, 0.2) is 0 Å². The van der Waals surface area contributed by atoms with Gasteiger partial charge in [-0.2, -0.15) is 0 Å². The van der Waals surface area contributed by atoms with E-state index in [9.17, 15) is 4.79 Å². The molecule has 0 aliphatic carbocycles. The molecule has 1 rings (SSSR count). The zero-order chi connectivity index (χ0) is 11.6. The molecule has 0 aromatic carbocycles. The maximum atomic E-state index is 11.0. The van der Waals surface area contributed by atoms with Crippen LogP contribution in [0.2, 0.25) is 0 Å². The normalized spacial score (nSPS) is 29.7. The first kappa shape index (κ1) is 12.5. The van der Waals surface area contributed by atoms with Gasteiger partial charge in [0.25, 0.3) is 0 Å². The number of nitrogens with zero attached hydrogens (tertiary/aromatic N) is 1. The average Bonchev–Trinajstić information content (AvgIpc) is 2.46. The van der Waals surface area contributed by atoms with Crippen molar-refractivity contribution in [1.82, 2.24) is 4.90 Å². The molecule has 0 aromatic heterocycles. The number of likely N-dealkylation sites (tertiary alicyclic amines) is 1. The van der Waals surface area contributed by atoms with Crippen molar-refractivity contribution in [3.63, 3.8) is 0 Å². The van der Waals surface area contributed by atoms with E-state index in [1.165, 1.54) is 0 Å². The van der Waals surface area contributed by atoms with Crippen molar-refractivity contribution in [3.05, 3.63) is 0 Å². The number of carboxylic acid groups (broad SMARTS) is 1. The van der Waals surface area contributed by atoms with Crippen LogP contribution in [0.25, 0.3) is 0 Å². The number of hydrogen-bond acceptors (Lipinski definition) is 2. The first-order valence-corrected chi connectivity index (χ1v) is 5.88. The van der Waals surface area contributed by atoms with Gasteiger partial charge in [0.1, 0.15) is 0 Å². The molecule has 1 N–H and O–H groups in total. The van der Waals surface area contributed by atoms with Crippen LogP contribution < -0.4 is 0 Å². The van der Waals surface area contributed by atoms with Crippen molar-refractivity contribution in [2.45, 2.75) is 40.2 Å². The minimum Gasteiger partial charge on any atom is -0.481 e. The lowest BCUT2D eigenvalue weighted by atomic mass is 9.99. The van der Waals surface area contributed by atoms with Gasteiger partial charge in [-0.25, -0.2) is 0 Å². The largest absolute Gasteiger partial charge is 0.481 e. The van der Waals surface area contributed by atoms with E-state index in [4.69, 9.17) is 5.11 Å². The third-order valence-corrected chi connectivity index (χ3v) is 3.39. The Labute approximate surface area is 92.5 Å². The zero-order valence-electron chi connectivity index (χ0n) is 10.2. The third kappa shape index (κ3) is 3.20. The molecule has 3 heteroatoms. The van der Waals surface area contributed by atoms with Crippen molar-refractivity contribution in [2.24, 2.45) is 17.8 Å². The zero-order valence-corrected chi connectivity index (χ0v) is 10.2. The van der Waals surface area contributed by atoms with E-state index in [2.05, 4.69) is 25.7 Å². The highest BCUT2D eigenvalue weighted by molar-refractivity contribution is 5.71. The molecule has 0 aromatic rings. The molecule has 3 atom stereocenters. The molecule has 88 valence electrons. The first-order valence-electron chi connectivity index (χ1n) is 5.88. The van der Waals surface area contributed by atoms with Gasteiger partial charge in [0.05, 0.1) is 5.92 Å². The molecule has 1 aliphatic rings. The Morgan fingerprint density at radius 3 is 2.40 bits per heavy atom. The van der Waals surface area contributed by atoms with Crippen LogP contribution in [0.1, 0.15) is 34.1 Å². The van der Waals surface area contributed by atoms with Crippen LogP contribution in [-0.4, -0.2) is 35.1 Å². The van der Waals surface area contributed by atoms with Crippen molar-refractivity contribution in [3.8, 4) is 0 Å². The second kappa shape index (κ2) is 4.97. The summed E-state index contributed by atoms with van der Waals surface area (Å²) >= 11 is 0. The predicted octanol–water partition coefficient (Wildman–Crippen LogP) is 2.07. The highest BCUT2D eigenvalue weighted by atomic mass is 16.4. The number of rotatable bonds is 4. The van der Waals surface area contributed by atoms with Gasteiger partial charge in [-0.05, 0) is 25.2 Å². The average molecular weight is 213 g/mol. The Bertz CT molecular complexity index is 228. The fourth-order valence-corrected chi connectivity index (χ4v) is 2.52. The molecule has 1 aliphatic heterocycles. The van der Waals surface area contributed by atoms with E-state index in [0.717, 1.165) is 19.5 Å². The molecule has 0 amide bonds. The van der Waals surface area contributed by atoms with Gasteiger partial charge in [0.15, 0.2) is 0 Å². The summed E-state index contributed by atoms with van der Waals surface area (Å²) in [5, 5.41) is 9.04. The minimum absolute atomic E-state index is 0.167. The highest BCUT2D eigenvalue weighted by Gasteiger charge is 2.36. The standard InChI is InChI=1S/C12H23NO2/c1-8(2)5-10(4)13-6-9(3)11(7-13)12(14)15/h8-11H,5-7H2,1-4H3,(H,14,15). The lowest BCUT2D eigenvalue weighted by molar-refractivity contribution is -0.142. The predicted molar refractivity (Wildman–Crippen MR) is 60.8 cm³/mol. The van der Waals surface area contributed by atoms with Crippen LogP contribution in [0, 0.1) is 17.8 Å². The third-order valence-electron chi connectivity index (χ3n) is 3.39. The van der Waals surface area contributed by atoms with Gasteiger partial charge in [-0.3, -0.25) is 9.69 Å². The summed E-state index contributed by atoms with van der Waals surface area (Å²) in [6.07, 6.45) is 1.15. The molecule has 0 bridgehead atoms. The Morgan fingerprint density at radius 2 is 2.00 bits per heavy atom. The Hall–Kier alpha value is -0.570. The van der Waals surface area contributed by atoms with E-state index in [0.29, 0.717) is 12.0 Å². The summed E-state index contributed by atoms with van der Waals surface area (Å²) in [4.78, 5) is 13.3. The second-order valence-corrected chi connectivity index (χ2v) is 5.35. The smallest absolute Gasteiger partial charge is 0.308 e. The molecule has 1 heterocycles. The number of carbonyl (C=O) groups is 1. The molecular formula is C12H23NO2. The SMILES string of the molecule is CC(C)CC(C)N1CC(C)C(C(=O)O)C1. The Morgan fingerprint density at radius 1 is 1.40 bits per heavy atom. The Balaban J connectivity index is 2.50. The van der Waals surface area contributed by atoms with Gasteiger partial charge < -0.3 is 5.11 Å². The van der Waals surface area contributed by atoms with Gasteiger partial charge >= 0.3 is 5.97 Å². The molecule has 0 saturated carbocycles. The summed E-state index contributed by atoms with van der Waals surface area (Å²) in [7, 11) is 0. The van der Waals surface area contributed by atoms with Gasteiger partial charge in [-0.15, -0.1) is 0 Å². The molecule has 3 nitrogen and oxygen atoms in total. The lowest BCUT2D eigenvalue weighted by Crippen LogP contribution is -2.32. The van der Waals surface area contributed by atoms with Crippen molar-refractivity contribution >= 4 is 5.97 Å². The number of aliphatic carboxylic acids is 1. The van der Waals surface area contributed by atoms with Crippen LogP contribution >= 0.6 is 0 Å². The molecular weight excluding hydrogens is 190 g/mol. The fraction of sp³-hybridized carbons (Fsp3) is 0.917. The van der Waals surface area contributed by atoms with E-state index < -0.39 is 5.97 Å². The van der Waals surface area contributed by atoms with E-state index in [-0.39, 0.29) is 11.8 Å². The summed E-state index contributed by atoms with van der Waals surface area (Å²) in [6.45, 7) is 10.3. The minimum atomic E-state index is -0.637. The number of carboxylic acids is 1. The van der Waals surface area contributed by atoms with Gasteiger partial charge in [0, 0.05) is 19.1 Å². The Kier molecular flexibility index (Phi) is 4.14. The first-order chi connectivity index (χ1) is 6.91. The number of hydrogen-bond donors (Lipinski definition) is 1.